The predicted molar refractivity (Wildman–Crippen MR) is 118 cm³/mol. The van der Waals surface area contributed by atoms with Gasteiger partial charge in [-0.15, -0.1) is 0 Å². The topological polar surface area (TPSA) is 179 Å². The molecule has 0 aliphatic carbocycles. The number of amides is 3. The van der Waals surface area contributed by atoms with Gasteiger partial charge in [0.25, 0.3) is 0 Å². The van der Waals surface area contributed by atoms with Crippen molar-refractivity contribution < 1.29 is 24.3 Å². The van der Waals surface area contributed by atoms with E-state index < -0.39 is 47.9 Å². The van der Waals surface area contributed by atoms with E-state index in [1.807, 2.05) is 20.8 Å². The quantitative estimate of drug-likeness (QED) is 0.242. The zero-order chi connectivity index (χ0) is 24.4. The van der Waals surface area contributed by atoms with Crippen LogP contribution in [-0.2, 0) is 25.6 Å². The molecule has 0 aliphatic heterocycles. The van der Waals surface area contributed by atoms with Crippen LogP contribution in [0.2, 0.25) is 0 Å². The van der Waals surface area contributed by atoms with Crippen LogP contribution in [0.1, 0.15) is 53.2 Å². The molecular weight excluding hydrogens is 416 g/mol. The number of carboxylic acid groups (broad SMARTS) is 1. The summed E-state index contributed by atoms with van der Waals surface area (Å²) in [6.45, 7) is 8.81. The molecule has 5 unspecified atom stereocenters. The molecular formula is C21H36N6O5. The molecule has 3 amide bonds. The minimum absolute atomic E-state index is 0.0841. The van der Waals surface area contributed by atoms with Crippen molar-refractivity contribution in [1.29, 1.82) is 0 Å². The van der Waals surface area contributed by atoms with Gasteiger partial charge in [-0.2, -0.15) is 0 Å². The van der Waals surface area contributed by atoms with Crippen LogP contribution in [-0.4, -0.2) is 62.9 Å². The summed E-state index contributed by atoms with van der Waals surface area (Å²) in [7, 11) is 0. The number of imidazole rings is 1. The van der Waals surface area contributed by atoms with Crippen LogP contribution >= 0.6 is 0 Å². The Bertz CT molecular complexity index is 767. The zero-order valence-corrected chi connectivity index (χ0v) is 19.3. The van der Waals surface area contributed by atoms with Gasteiger partial charge in [0.05, 0.1) is 12.4 Å². The van der Waals surface area contributed by atoms with Crippen molar-refractivity contribution in [3.05, 3.63) is 18.2 Å². The molecule has 0 aliphatic rings. The lowest BCUT2D eigenvalue weighted by Gasteiger charge is -2.25. The molecule has 1 aromatic heterocycles. The number of aromatic amines is 1. The lowest BCUT2D eigenvalue weighted by Crippen LogP contribution is -2.57. The van der Waals surface area contributed by atoms with Crippen LogP contribution in [0.25, 0.3) is 0 Å². The molecule has 0 saturated carbocycles. The summed E-state index contributed by atoms with van der Waals surface area (Å²) in [6, 6.07) is -3.82. The smallest absolute Gasteiger partial charge is 0.326 e. The summed E-state index contributed by atoms with van der Waals surface area (Å²) in [5.41, 5.74) is 6.64. The summed E-state index contributed by atoms with van der Waals surface area (Å²) in [6.07, 6.45) is 4.19. The average Bonchev–Trinajstić information content (AvgIpc) is 3.22. The minimum atomic E-state index is -1.14. The third-order valence-electron chi connectivity index (χ3n) is 5.20. The van der Waals surface area contributed by atoms with Crippen LogP contribution in [0, 0.1) is 11.8 Å². The highest BCUT2D eigenvalue weighted by atomic mass is 16.4. The number of rotatable bonds is 13. The summed E-state index contributed by atoms with van der Waals surface area (Å²) in [5, 5.41) is 17.0. The molecule has 0 radical (unpaired) electrons. The number of aromatic nitrogens is 2. The number of nitrogens with zero attached hydrogens (tertiary/aromatic N) is 1. The van der Waals surface area contributed by atoms with Crippen molar-refractivity contribution >= 4 is 23.7 Å². The van der Waals surface area contributed by atoms with Crippen molar-refractivity contribution in [2.45, 2.75) is 78.0 Å². The fourth-order valence-corrected chi connectivity index (χ4v) is 3.05. The summed E-state index contributed by atoms with van der Waals surface area (Å²) >= 11 is 0. The molecule has 7 N–H and O–H groups in total. The third-order valence-corrected chi connectivity index (χ3v) is 5.20. The SMILES string of the molecule is CCC(C)C(NC(=O)C(C)NC(=O)C(CC(C)C)NC(=O)C(N)Cc1cnc[nH]1)C(=O)O. The van der Waals surface area contributed by atoms with Crippen LogP contribution in [0.15, 0.2) is 12.5 Å². The van der Waals surface area contributed by atoms with Gasteiger partial charge in [-0.05, 0) is 25.2 Å². The van der Waals surface area contributed by atoms with E-state index in [0.717, 1.165) is 0 Å². The van der Waals surface area contributed by atoms with Crippen LogP contribution in [0.4, 0.5) is 0 Å². The molecule has 11 heteroatoms. The van der Waals surface area contributed by atoms with E-state index in [1.54, 1.807) is 13.1 Å². The number of hydrogen-bond acceptors (Lipinski definition) is 6. The van der Waals surface area contributed by atoms with E-state index >= 15 is 0 Å². The molecule has 0 spiro atoms. The number of carboxylic acids is 1. The largest absolute Gasteiger partial charge is 0.480 e. The Hall–Kier alpha value is -2.95. The third kappa shape index (κ3) is 8.66. The number of H-pyrrole nitrogens is 1. The maximum absolute atomic E-state index is 12.8. The first-order valence-electron chi connectivity index (χ1n) is 10.8. The molecule has 1 rings (SSSR count). The maximum Gasteiger partial charge on any atom is 0.326 e. The molecule has 180 valence electrons. The molecule has 1 aromatic rings. The number of hydrogen-bond donors (Lipinski definition) is 6. The Kier molecular flexibility index (Phi) is 10.8. The van der Waals surface area contributed by atoms with Gasteiger partial charge in [-0.25, -0.2) is 9.78 Å². The Morgan fingerprint density at radius 2 is 1.72 bits per heavy atom. The zero-order valence-electron chi connectivity index (χ0n) is 19.3. The van der Waals surface area contributed by atoms with Gasteiger partial charge >= 0.3 is 5.97 Å². The van der Waals surface area contributed by atoms with Crippen molar-refractivity contribution in [2.75, 3.05) is 0 Å². The number of aliphatic carboxylic acids is 1. The van der Waals surface area contributed by atoms with Crippen LogP contribution < -0.4 is 21.7 Å². The highest BCUT2D eigenvalue weighted by Crippen LogP contribution is 2.09. The fraction of sp³-hybridized carbons (Fsp3) is 0.667. The standard InChI is InChI=1S/C21H36N6O5/c1-6-12(4)17(21(31)32)27-18(28)13(5)25-20(30)16(7-11(2)3)26-19(29)15(22)8-14-9-23-10-24-14/h9-13,15-17H,6-8,22H2,1-5H3,(H,23,24)(H,25,30)(H,26,29)(H,27,28)(H,31,32). The first-order chi connectivity index (χ1) is 15.0. The molecule has 5 atom stereocenters. The van der Waals surface area contributed by atoms with E-state index in [9.17, 15) is 24.3 Å². The summed E-state index contributed by atoms with van der Waals surface area (Å²) in [4.78, 5) is 56.0. The van der Waals surface area contributed by atoms with E-state index in [1.165, 1.54) is 13.3 Å². The van der Waals surface area contributed by atoms with E-state index in [2.05, 4.69) is 25.9 Å². The second-order valence-corrected chi connectivity index (χ2v) is 8.52. The molecule has 11 nitrogen and oxygen atoms in total. The second-order valence-electron chi connectivity index (χ2n) is 8.52. The summed E-state index contributed by atoms with van der Waals surface area (Å²) in [5.74, 6) is -2.98. The van der Waals surface area contributed by atoms with E-state index in [-0.39, 0.29) is 18.3 Å². The van der Waals surface area contributed by atoms with Gasteiger partial charge in [0.15, 0.2) is 0 Å². The predicted octanol–water partition coefficient (Wildman–Crippen LogP) is -0.0694. The Balaban J connectivity index is 2.76. The summed E-state index contributed by atoms with van der Waals surface area (Å²) < 4.78 is 0. The van der Waals surface area contributed by atoms with Crippen LogP contribution in [0.5, 0.6) is 0 Å². The molecule has 0 saturated heterocycles. The van der Waals surface area contributed by atoms with Gasteiger partial charge in [0.2, 0.25) is 17.7 Å². The normalized spacial score (nSPS) is 15.8. The highest BCUT2D eigenvalue weighted by Gasteiger charge is 2.30. The fourth-order valence-electron chi connectivity index (χ4n) is 3.05. The van der Waals surface area contributed by atoms with Gasteiger partial charge in [0, 0.05) is 18.3 Å². The van der Waals surface area contributed by atoms with E-state index in [0.29, 0.717) is 18.5 Å². The van der Waals surface area contributed by atoms with E-state index in [4.69, 9.17) is 5.73 Å². The first-order valence-corrected chi connectivity index (χ1v) is 10.8. The van der Waals surface area contributed by atoms with Gasteiger partial charge in [-0.3, -0.25) is 14.4 Å². The maximum atomic E-state index is 12.8. The van der Waals surface area contributed by atoms with Crippen molar-refractivity contribution in [3.8, 4) is 0 Å². The Morgan fingerprint density at radius 1 is 1.06 bits per heavy atom. The highest BCUT2D eigenvalue weighted by molar-refractivity contribution is 5.94. The molecule has 32 heavy (non-hydrogen) atoms. The Morgan fingerprint density at radius 3 is 2.22 bits per heavy atom. The molecule has 0 bridgehead atoms. The van der Waals surface area contributed by atoms with Crippen molar-refractivity contribution in [3.63, 3.8) is 0 Å². The van der Waals surface area contributed by atoms with Crippen molar-refractivity contribution in [2.24, 2.45) is 17.6 Å². The second kappa shape index (κ2) is 12.8. The minimum Gasteiger partial charge on any atom is -0.480 e. The van der Waals surface area contributed by atoms with Gasteiger partial charge < -0.3 is 31.8 Å². The average molecular weight is 453 g/mol. The lowest BCUT2D eigenvalue weighted by atomic mass is 9.99. The van der Waals surface area contributed by atoms with Crippen LogP contribution in [0.3, 0.4) is 0 Å². The first kappa shape index (κ1) is 27.1. The Labute approximate surface area is 188 Å². The van der Waals surface area contributed by atoms with Gasteiger partial charge in [0.1, 0.15) is 18.1 Å². The number of nitrogens with two attached hydrogens (primary N) is 1. The number of carbonyl (C=O) groups excluding carboxylic acids is 3. The number of nitrogens with one attached hydrogen (secondary N) is 4. The lowest BCUT2D eigenvalue weighted by molar-refractivity contribution is -0.143. The van der Waals surface area contributed by atoms with Gasteiger partial charge in [-0.1, -0.05) is 34.1 Å². The molecule has 0 fully saturated rings. The molecule has 1 heterocycles. The number of carbonyl (C=O) groups is 4. The monoisotopic (exact) mass is 452 g/mol. The van der Waals surface area contributed by atoms with Crippen molar-refractivity contribution in [1.82, 2.24) is 25.9 Å². The molecule has 0 aromatic carbocycles.